The van der Waals surface area contributed by atoms with Gasteiger partial charge < -0.3 is 10.2 Å². The lowest BCUT2D eigenvalue weighted by Crippen LogP contribution is -2.25. The fourth-order valence-electron chi connectivity index (χ4n) is 3.06. The summed E-state index contributed by atoms with van der Waals surface area (Å²) in [6.07, 6.45) is 1.07. The third kappa shape index (κ3) is 3.45. The SMILES string of the molecule is CCN(CC)CCCNc1cccc2sc3ccccc3c(=O)c12. The van der Waals surface area contributed by atoms with Crippen molar-refractivity contribution in [3.63, 3.8) is 0 Å². The van der Waals surface area contributed by atoms with Gasteiger partial charge >= 0.3 is 0 Å². The summed E-state index contributed by atoms with van der Waals surface area (Å²) in [6.45, 7) is 8.52. The van der Waals surface area contributed by atoms with Crippen LogP contribution in [0.3, 0.4) is 0 Å². The summed E-state index contributed by atoms with van der Waals surface area (Å²) in [7, 11) is 0. The molecule has 4 heteroatoms. The molecule has 0 amide bonds. The Bertz CT molecular complexity index is 884. The number of anilines is 1. The third-order valence-electron chi connectivity index (χ3n) is 4.47. The molecule has 24 heavy (non-hydrogen) atoms. The van der Waals surface area contributed by atoms with E-state index in [1.165, 1.54) is 0 Å². The minimum absolute atomic E-state index is 0.131. The largest absolute Gasteiger partial charge is 0.384 e. The molecule has 3 nitrogen and oxygen atoms in total. The van der Waals surface area contributed by atoms with Gasteiger partial charge in [0.25, 0.3) is 0 Å². The minimum Gasteiger partial charge on any atom is -0.384 e. The van der Waals surface area contributed by atoms with E-state index in [1.54, 1.807) is 11.3 Å². The van der Waals surface area contributed by atoms with Crippen molar-refractivity contribution in [1.29, 1.82) is 0 Å². The first-order valence-corrected chi connectivity index (χ1v) is 9.47. The van der Waals surface area contributed by atoms with E-state index in [4.69, 9.17) is 0 Å². The molecular formula is C20H24N2OS. The standard InChI is InChI=1S/C20H24N2OS/c1-3-22(4-2)14-8-13-21-16-10-7-12-18-19(16)20(23)15-9-5-6-11-17(15)24-18/h5-7,9-12,21H,3-4,8,13-14H2,1-2H3. The Balaban J connectivity index is 1.86. The zero-order valence-electron chi connectivity index (χ0n) is 14.3. The van der Waals surface area contributed by atoms with E-state index in [2.05, 4.69) is 24.1 Å². The molecule has 0 fully saturated rings. The molecule has 0 saturated carbocycles. The van der Waals surface area contributed by atoms with E-state index in [0.29, 0.717) is 0 Å². The quantitative estimate of drug-likeness (QED) is 0.505. The molecule has 2 aromatic carbocycles. The fraction of sp³-hybridized carbons (Fsp3) is 0.350. The summed E-state index contributed by atoms with van der Waals surface area (Å²) in [5, 5.41) is 5.11. The highest BCUT2D eigenvalue weighted by atomic mass is 32.1. The number of hydrogen-bond acceptors (Lipinski definition) is 4. The van der Waals surface area contributed by atoms with Gasteiger partial charge in [-0.3, -0.25) is 4.79 Å². The van der Waals surface area contributed by atoms with Crippen molar-refractivity contribution in [2.24, 2.45) is 0 Å². The smallest absolute Gasteiger partial charge is 0.197 e. The predicted octanol–water partition coefficient (Wildman–Crippen LogP) is 4.56. The summed E-state index contributed by atoms with van der Waals surface area (Å²) in [6, 6.07) is 13.9. The molecule has 0 bridgehead atoms. The van der Waals surface area contributed by atoms with Gasteiger partial charge in [-0.25, -0.2) is 0 Å². The van der Waals surface area contributed by atoms with Gasteiger partial charge in [-0.05, 0) is 50.3 Å². The fourth-order valence-corrected chi connectivity index (χ4v) is 4.17. The van der Waals surface area contributed by atoms with E-state index in [0.717, 1.165) is 58.5 Å². The molecule has 0 unspecified atom stereocenters. The van der Waals surface area contributed by atoms with Gasteiger partial charge in [0.2, 0.25) is 0 Å². The number of rotatable bonds is 7. The van der Waals surface area contributed by atoms with Crippen LogP contribution in [0.1, 0.15) is 20.3 Å². The lowest BCUT2D eigenvalue weighted by Gasteiger charge is -2.18. The molecule has 1 N–H and O–H groups in total. The lowest BCUT2D eigenvalue weighted by atomic mass is 10.1. The highest BCUT2D eigenvalue weighted by Gasteiger charge is 2.09. The molecule has 0 saturated heterocycles. The van der Waals surface area contributed by atoms with Gasteiger partial charge in [-0.2, -0.15) is 0 Å². The maximum absolute atomic E-state index is 12.9. The van der Waals surface area contributed by atoms with Crippen LogP contribution in [0, 0.1) is 0 Å². The van der Waals surface area contributed by atoms with E-state index in [9.17, 15) is 4.79 Å². The van der Waals surface area contributed by atoms with Crippen molar-refractivity contribution in [3.05, 3.63) is 52.7 Å². The molecular weight excluding hydrogens is 316 g/mol. The van der Waals surface area contributed by atoms with Crippen LogP contribution in [0.5, 0.6) is 0 Å². The minimum atomic E-state index is 0.131. The van der Waals surface area contributed by atoms with E-state index in [-0.39, 0.29) is 5.43 Å². The van der Waals surface area contributed by atoms with Crippen LogP contribution in [-0.4, -0.2) is 31.1 Å². The van der Waals surface area contributed by atoms with Crippen LogP contribution in [0.2, 0.25) is 0 Å². The normalized spacial score (nSPS) is 11.5. The summed E-state index contributed by atoms with van der Waals surface area (Å²) in [4.78, 5) is 15.3. The molecule has 0 radical (unpaired) electrons. The van der Waals surface area contributed by atoms with Crippen molar-refractivity contribution in [3.8, 4) is 0 Å². The highest BCUT2D eigenvalue weighted by Crippen LogP contribution is 2.28. The maximum Gasteiger partial charge on any atom is 0.197 e. The van der Waals surface area contributed by atoms with Crippen LogP contribution in [0.15, 0.2) is 47.3 Å². The van der Waals surface area contributed by atoms with Crippen LogP contribution in [0.25, 0.3) is 20.2 Å². The monoisotopic (exact) mass is 340 g/mol. The summed E-state index contributed by atoms with van der Waals surface area (Å²) >= 11 is 1.68. The van der Waals surface area contributed by atoms with E-state index in [1.807, 2.05) is 42.5 Å². The Hall–Kier alpha value is -1.91. The Morgan fingerprint density at radius 3 is 2.54 bits per heavy atom. The predicted molar refractivity (Wildman–Crippen MR) is 106 cm³/mol. The van der Waals surface area contributed by atoms with Gasteiger partial charge in [0, 0.05) is 27.0 Å². The van der Waals surface area contributed by atoms with Crippen molar-refractivity contribution >= 4 is 37.2 Å². The second kappa shape index (κ2) is 7.77. The third-order valence-corrected chi connectivity index (χ3v) is 5.60. The van der Waals surface area contributed by atoms with Crippen LogP contribution in [-0.2, 0) is 0 Å². The molecule has 1 heterocycles. The van der Waals surface area contributed by atoms with Gasteiger partial charge in [-0.1, -0.05) is 32.0 Å². The van der Waals surface area contributed by atoms with Gasteiger partial charge in [0.1, 0.15) is 0 Å². The van der Waals surface area contributed by atoms with Crippen LogP contribution < -0.4 is 10.7 Å². The molecule has 0 aliphatic carbocycles. The molecule has 3 rings (SSSR count). The molecule has 1 aromatic heterocycles. The molecule has 126 valence electrons. The average Bonchev–Trinajstić information content (AvgIpc) is 2.62. The lowest BCUT2D eigenvalue weighted by molar-refractivity contribution is 0.303. The Kier molecular flexibility index (Phi) is 5.48. The van der Waals surface area contributed by atoms with Crippen molar-refractivity contribution in [2.45, 2.75) is 20.3 Å². The van der Waals surface area contributed by atoms with Crippen molar-refractivity contribution in [1.82, 2.24) is 4.90 Å². The molecule has 0 aliphatic rings. The first-order chi connectivity index (χ1) is 11.7. The van der Waals surface area contributed by atoms with E-state index >= 15 is 0 Å². The summed E-state index contributed by atoms with van der Waals surface area (Å²) in [5.41, 5.74) is 1.09. The van der Waals surface area contributed by atoms with Crippen molar-refractivity contribution in [2.75, 3.05) is 31.5 Å². The Morgan fingerprint density at radius 1 is 1.00 bits per heavy atom. The number of fused-ring (bicyclic) bond motifs is 2. The topological polar surface area (TPSA) is 32.3 Å². The van der Waals surface area contributed by atoms with Gasteiger partial charge in [-0.15, -0.1) is 11.3 Å². The Morgan fingerprint density at radius 2 is 1.75 bits per heavy atom. The summed E-state index contributed by atoms with van der Waals surface area (Å²) < 4.78 is 2.10. The number of benzene rings is 2. The number of hydrogen-bond donors (Lipinski definition) is 1. The number of nitrogens with zero attached hydrogens (tertiary/aromatic N) is 1. The zero-order chi connectivity index (χ0) is 16.9. The van der Waals surface area contributed by atoms with Crippen LogP contribution >= 0.6 is 11.3 Å². The molecule has 0 aliphatic heterocycles. The molecule has 3 aromatic rings. The van der Waals surface area contributed by atoms with Gasteiger partial charge in [0.05, 0.1) is 5.39 Å². The summed E-state index contributed by atoms with van der Waals surface area (Å²) in [5.74, 6) is 0. The second-order valence-electron chi connectivity index (χ2n) is 5.91. The number of nitrogens with one attached hydrogen (secondary N) is 1. The zero-order valence-corrected chi connectivity index (χ0v) is 15.2. The van der Waals surface area contributed by atoms with Crippen LogP contribution in [0.4, 0.5) is 5.69 Å². The van der Waals surface area contributed by atoms with Gasteiger partial charge in [0.15, 0.2) is 5.43 Å². The first kappa shape index (κ1) is 16.9. The molecule has 0 spiro atoms. The maximum atomic E-state index is 12.9. The average molecular weight is 340 g/mol. The molecule has 0 atom stereocenters. The van der Waals surface area contributed by atoms with E-state index < -0.39 is 0 Å². The second-order valence-corrected chi connectivity index (χ2v) is 7.00. The first-order valence-electron chi connectivity index (χ1n) is 8.65. The highest BCUT2D eigenvalue weighted by molar-refractivity contribution is 7.24. The Labute approximate surface area is 146 Å². The van der Waals surface area contributed by atoms with Crippen molar-refractivity contribution < 1.29 is 0 Å².